The van der Waals surface area contributed by atoms with E-state index < -0.39 is 11.1 Å². The van der Waals surface area contributed by atoms with Crippen LogP contribution in [0.4, 0.5) is 13.2 Å². The van der Waals surface area contributed by atoms with E-state index in [0.29, 0.717) is 30.6 Å². The molecule has 0 fully saturated rings. The molecular formula is C24H24F3NO7S. The smallest absolute Gasteiger partial charge is 0.446 e. The molecule has 1 aromatic carbocycles. The molecule has 3 rings (SSSR count). The highest BCUT2D eigenvalue weighted by Gasteiger charge is 2.29. The summed E-state index contributed by atoms with van der Waals surface area (Å²) in [5.74, 6) is -0.0110. The van der Waals surface area contributed by atoms with Gasteiger partial charge in [0, 0.05) is 22.8 Å². The zero-order valence-corrected chi connectivity index (χ0v) is 20.2. The van der Waals surface area contributed by atoms with Gasteiger partial charge in [-0.15, -0.1) is 0 Å². The SMILES string of the molecule is CCC(=O)OCCOCCOCCOc1cc2cc(-c3cccc(SC(F)(F)F)c3)c(=O)oc2cn1. The molecule has 8 nitrogen and oxygen atoms in total. The summed E-state index contributed by atoms with van der Waals surface area (Å²) in [5, 5.41) is 0.501. The first-order valence-corrected chi connectivity index (χ1v) is 11.8. The maximum atomic E-state index is 12.7. The molecule has 0 N–H and O–H groups in total. The van der Waals surface area contributed by atoms with Gasteiger partial charge in [-0.2, -0.15) is 13.2 Å². The van der Waals surface area contributed by atoms with Crippen molar-refractivity contribution in [3.63, 3.8) is 0 Å². The number of halogens is 3. The summed E-state index contributed by atoms with van der Waals surface area (Å²) in [6.45, 7) is 3.34. The van der Waals surface area contributed by atoms with Crippen LogP contribution < -0.4 is 10.4 Å². The second-order valence-corrected chi connectivity index (χ2v) is 8.37. The first kappa shape index (κ1) is 27.5. The van der Waals surface area contributed by atoms with Gasteiger partial charge < -0.3 is 23.4 Å². The molecule has 0 radical (unpaired) electrons. The van der Waals surface area contributed by atoms with Crippen molar-refractivity contribution in [1.82, 2.24) is 4.98 Å². The Morgan fingerprint density at radius 1 is 1.03 bits per heavy atom. The number of fused-ring (bicyclic) bond motifs is 1. The number of thioether (sulfide) groups is 1. The van der Waals surface area contributed by atoms with Crippen molar-refractivity contribution in [2.75, 3.05) is 39.6 Å². The number of carbonyl (C=O) groups excluding carboxylic acids is 1. The van der Waals surface area contributed by atoms with E-state index in [0.717, 1.165) is 0 Å². The predicted octanol–water partition coefficient (Wildman–Crippen LogP) is 4.83. The van der Waals surface area contributed by atoms with Crippen LogP contribution >= 0.6 is 11.8 Å². The molecule has 2 aromatic heterocycles. The van der Waals surface area contributed by atoms with Gasteiger partial charge in [0.1, 0.15) is 13.2 Å². The number of hydrogen-bond donors (Lipinski definition) is 0. The number of nitrogens with zero attached hydrogens (tertiary/aromatic N) is 1. The normalized spacial score (nSPS) is 11.6. The number of carbonyl (C=O) groups is 1. The third-order valence-corrected chi connectivity index (χ3v) is 5.32. The summed E-state index contributed by atoms with van der Waals surface area (Å²) < 4.78 is 64.5. The molecule has 0 aliphatic heterocycles. The molecule has 0 bridgehead atoms. The fraction of sp³-hybridized carbons (Fsp3) is 0.375. The van der Waals surface area contributed by atoms with E-state index in [2.05, 4.69) is 4.98 Å². The van der Waals surface area contributed by atoms with E-state index in [-0.39, 0.29) is 66.1 Å². The van der Waals surface area contributed by atoms with Crippen molar-refractivity contribution in [2.45, 2.75) is 23.7 Å². The average molecular weight is 528 g/mol. The summed E-state index contributed by atoms with van der Waals surface area (Å²) in [6, 6.07) is 8.68. The van der Waals surface area contributed by atoms with Crippen LogP contribution in [0.3, 0.4) is 0 Å². The lowest BCUT2D eigenvalue weighted by atomic mass is 10.1. The first-order chi connectivity index (χ1) is 17.2. The fourth-order valence-electron chi connectivity index (χ4n) is 2.99. The Labute approximate surface area is 208 Å². The van der Waals surface area contributed by atoms with Gasteiger partial charge in [-0.1, -0.05) is 19.1 Å². The van der Waals surface area contributed by atoms with Gasteiger partial charge >= 0.3 is 17.1 Å². The Morgan fingerprint density at radius 3 is 2.47 bits per heavy atom. The van der Waals surface area contributed by atoms with E-state index in [1.807, 2.05) is 0 Å². The maximum Gasteiger partial charge on any atom is 0.446 e. The molecular weight excluding hydrogens is 503 g/mol. The van der Waals surface area contributed by atoms with Crippen molar-refractivity contribution in [3.05, 3.63) is 53.0 Å². The highest BCUT2D eigenvalue weighted by Crippen LogP contribution is 2.38. The number of esters is 1. The number of hydrogen-bond acceptors (Lipinski definition) is 9. The lowest BCUT2D eigenvalue weighted by Gasteiger charge is -2.09. The third-order valence-electron chi connectivity index (χ3n) is 4.60. The zero-order valence-electron chi connectivity index (χ0n) is 19.3. The summed E-state index contributed by atoms with van der Waals surface area (Å²) in [6.07, 6.45) is 1.66. The fourth-order valence-corrected chi connectivity index (χ4v) is 3.59. The Bertz CT molecular complexity index is 1220. The van der Waals surface area contributed by atoms with Crippen LogP contribution in [0.15, 0.2) is 56.7 Å². The molecule has 2 heterocycles. The van der Waals surface area contributed by atoms with Gasteiger partial charge in [0.25, 0.3) is 0 Å². The van der Waals surface area contributed by atoms with Crippen LogP contribution in [0.1, 0.15) is 13.3 Å². The maximum absolute atomic E-state index is 12.7. The van der Waals surface area contributed by atoms with Crippen LogP contribution in [0.25, 0.3) is 22.1 Å². The van der Waals surface area contributed by atoms with Crippen molar-refractivity contribution in [3.8, 4) is 17.0 Å². The zero-order chi connectivity index (χ0) is 26.0. The molecule has 0 saturated carbocycles. The molecule has 0 saturated heterocycles. The molecule has 36 heavy (non-hydrogen) atoms. The van der Waals surface area contributed by atoms with E-state index in [1.165, 1.54) is 36.5 Å². The van der Waals surface area contributed by atoms with Crippen molar-refractivity contribution >= 4 is 28.7 Å². The van der Waals surface area contributed by atoms with Gasteiger partial charge in [0.15, 0.2) is 5.58 Å². The van der Waals surface area contributed by atoms with E-state index in [4.69, 9.17) is 23.4 Å². The van der Waals surface area contributed by atoms with Gasteiger partial charge in [-0.25, -0.2) is 9.78 Å². The molecule has 194 valence electrons. The Balaban J connectivity index is 1.52. The van der Waals surface area contributed by atoms with Gasteiger partial charge in [-0.05, 0) is 35.5 Å². The average Bonchev–Trinajstić information content (AvgIpc) is 2.83. The molecule has 0 amide bonds. The quantitative estimate of drug-likeness (QED) is 0.176. The summed E-state index contributed by atoms with van der Waals surface area (Å²) in [4.78, 5) is 27.4. The topological polar surface area (TPSA) is 97.1 Å². The summed E-state index contributed by atoms with van der Waals surface area (Å²) in [5.41, 5.74) is -4.48. The van der Waals surface area contributed by atoms with Crippen LogP contribution in [-0.4, -0.2) is 56.1 Å². The standard InChI is InChI=1S/C24H24F3NO7S/c1-2-22(29)34-11-9-32-7-6-31-8-10-33-21-14-17-13-19(23(30)35-20(17)15-28-21)16-4-3-5-18(12-16)36-24(25,26)27/h3-5,12-15H,2,6-11H2,1H3. The monoisotopic (exact) mass is 527 g/mol. The highest BCUT2D eigenvalue weighted by molar-refractivity contribution is 8.00. The van der Waals surface area contributed by atoms with Crippen LogP contribution in [0.2, 0.25) is 0 Å². The lowest BCUT2D eigenvalue weighted by Crippen LogP contribution is -2.14. The molecule has 0 unspecified atom stereocenters. The van der Waals surface area contributed by atoms with Gasteiger partial charge in [0.2, 0.25) is 5.88 Å². The first-order valence-electron chi connectivity index (χ1n) is 11.0. The van der Waals surface area contributed by atoms with Gasteiger partial charge in [0.05, 0.1) is 38.2 Å². The number of pyridine rings is 1. The predicted molar refractivity (Wildman–Crippen MR) is 126 cm³/mol. The number of rotatable bonds is 13. The second kappa shape index (κ2) is 13.3. The van der Waals surface area contributed by atoms with Gasteiger partial charge in [-0.3, -0.25) is 4.79 Å². The minimum atomic E-state index is -4.44. The van der Waals surface area contributed by atoms with Crippen LogP contribution in [-0.2, 0) is 19.0 Å². The van der Waals surface area contributed by atoms with Crippen LogP contribution in [0, 0.1) is 0 Å². The third kappa shape index (κ3) is 8.85. The largest absolute Gasteiger partial charge is 0.475 e. The number of ether oxygens (including phenoxy) is 4. The Kier molecular flexibility index (Phi) is 10.1. The number of benzene rings is 1. The summed E-state index contributed by atoms with van der Waals surface area (Å²) >= 11 is -0.258. The summed E-state index contributed by atoms with van der Waals surface area (Å²) in [7, 11) is 0. The Hall–Kier alpha value is -3.09. The molecule has 0 spiro atoms. The molecule has 0 atom stereocenters. The van der Waals surface area contributed by atoms with E-state index in [9.17, 15) is 22.8 Å². The van der Waals surface area contributed by atoms with E-state index in [1.54, 1.807) is 13.0 Å². The highest BCUT2D eigenvalue weighted by atomic mass is 32.2. The second-order valence-electron chi connectivity index (χ2n) is 7.23. The van der Waals surface area contributed by atoms with Crippen molar-refractivity contribution in [2.24, 2.45) is 0 Å². The molecule has 3 aromatic rings. The lowest BCUT2D eigenvalue weighted by molar-refractivity contribution is -0.144. The minimum absolute atomic E-state index is 0.0384. The van der Waals surface area contributed by atoms with E-state index >= 15 is 0 Å². The molecule has 12 heteroatoms. The Morgan fingerprint density at radius 2 is 1.75 bits per heavy atom. The van der Waals surface area contributed by atoms with Crippen molar-refractivity contribution < 1.29 is 41.3 Å². The molecule has 0 aliphatic rings. The number of alkyl halides is 3. The minimum Gasteiger partial charge on any atom is -0.475 e. The molecule has 0 aliphatic carbocycles. The van der Waals surface area contributed by atoms with Crippen molar-refractivity contribution in [1.29, 1.82) is 0 Å². The number of aromatic nitrogens is 1. The van der Waals surface area contributed by atoms with Crippen LogP contribution in [0.5, 0.6) is 5.88 Å².